The minimum absolute atomic E-state index is 0.247. The minimum Gasteiger partial charge on any atom is -0.285 e. The van der Waals surface area contributed by atoms with Crippen LogP contribution in [-0.4, -0.2) is 0 Å². The molecule has 0 heterocycles. The lowest BCUT2D eigenvalue weighted by Crippen LogP contribution is -2.39. The number of rotatable bonds is 4. The maximum absolute atomic E-state index is 11.8. The zero-order valence-corrected chi connectivity index (χ0v) is 13.7. The SMILES string of the molecule is Cc1c(CC2CCCc3ccc(CC(C)C)cc32)c(=O)c1=O. The lowest BCUT2D eigenvalue weighted by Gasteiger charge is -2.27. The van der Waals surface area contributed by atoms with Gasteiger partial charge in [-0.15, -0.1) is 0 Å². The predicted molar refractivity (Wildman–Crippen MR) is 90.5 cm³/mol. The van der Waals surface area contributed by atoms with Gasteiger partial charge in [0.2, 0.25) is 10.9 Å². The molecule has 3 rings (SSSR count). The molecule has 1 unspecified atom stereocenters. The molecule has 0 amide bonds. The quantitative estimate of drug-likeness (QED) is 0.810. The molecule has 2 aromatic rings. The molecule has 0 fully saturated rings. The summed E-state index contributed by atoms with van der Waals surface area (Å²) in [7, 11) is 0. The van der Waals surface area contributed by atoms with Crippen LogP contribution in [0.1, 0.15) is 60.4 Å². The van der Waals surface area contributed by atoms with Gasteiger partial charge in [-0.2, -0.15) is 0 Å². The molecule has 22 heavy (non-hydrogen) atoms. The van der Waals surface area contributed by atoms with Gasteiger partial charge in [-0.1, -0.05) is 32.0 Å². The fourth-order valence-electron chi connectivity index (χ4n) is 3.80. The molecule has 0 saturated heterocycles. The molecule has 1 atom stereocenters. The van der Waals surface area contributed by atoms with Gasteiger partial charge in [-0.05, 0) is 67.6 Å². The Bertz CT molecular complexity index is 760. The molecule has 0 aliphatic heterocycles. The standard InChI is InChI=1S/C20H24O2/c1-12(2)9-14-7-8-15-5-4-6-16(18(15)10-14)11-17-13(3)19(21)20(17)22/h7-8,10,12,16H,4-6,9,11H2,1-3H3. The first-order valence-corrected chi connectivity index (χ1v) is 8.38. The van der Waals surface area contributed by atoms with Gasteiger partial charge in [0.15, 0.2) is 0 Å². The molecule has 2 aromatic carbocycles. The first-order valence-electron chi connectivity index (χ1n) is 8.38. The van der Waals surface area contributed by atoms with Gasteiger partial charge in [0.05, 0.1) is 0 Å². The van der Waals surface area contributed by atoms with E-state index in [1.165, 1.54) is 23.1 Å². The van der Waals surface area contributed by atoms with Crippen LogP contribution in [0.5, 0.6) is 0 Å². The second kappa shape index (κ2) is 5.83. The van der Waals surface area contributed by atoms with Gasteiger partial charge in [-0.3, -0.25) is 9.59 Å². The van der Waals surface area contributed by atoms with Crippen molar-refractivity contribution in [2.24, 2.45) is 5.92 Å². The summed E-state index contributed by atoms with van der Waals surface area (Å²) in [5.41, 5.74) is 5.18. The van der Waals surface area contributed by atoms with Crippen molar-refractivity contribution in [2.45, 2.75) is 58.8 Å². The predicted octanol–water partition coefficient (Wildman–Crippen LogP) is 3.45. The molecule has 0 aromatic heterocycles. The Morgan fingerprint density at radius 2 is 1.95 bits per heavy atom. The average Bonchev–Trinajstić information content (AvgIpc) is 2.51. The van der Waals surface area contributed by atoms with Crippen LogP contribution >= 0.6 is 0 Å². The number of hydrogen-bond donors (Lipinski definition) is 0. The largest absolute Gasteiger partial charge is 0.285 e. The fourth-order valence-corrected chi connectivity index (χ4v) is 3.80. The summed E-state index contributed by atoms with van der Waals surface area (Å²) in [6.45, 7) is 6.27. The third-order valence-corrected chi connectivity index (χ3v) is 5.02. The Balaban J connectivity index is 1.90. The third-order valence-electron chi connectivity index (χ3n) is 5.02. The molecule has 0 radical (unpaired) electrons. The van der Waals surface area contributed by atoms with Crippen molar-refractivity contribution >= 4 is 0 Å². The highest BCUT2D eigenvalue weighted by molar-refractivity contribution is 5.40. The van der Waals surface area contributed by atoms with E-state index >= 15 is 0 Å². The number of benzene rings is 1. The third kappa shape index (κ3) is 2.67. The molecular formula is C20H24O2. The Kier molecular flexibility index (Phi) is 4.03. The summed E-state index contributed by atoms with van der Waals surface area (Å²) in [5, 5.41) is 0. The van der Waals surface area contributed by atoms with Crippen LogP contribution in [0.3, 0.4) is 0 Å². The summed E-state index contributed by atoms with van der Waals surface area (Å²) < 4.78 is 0. The van der Waals surface area contributed by atoms with Gasteiger partial charge in [-0.25, -0.2) is 0 Å². The topological polar surface area (TPSA) is 34.1 Å². The van der Waals surface area contributed by atoms with Crippen molar-refractivity contribution in [1.29, 1.82) is 0 Å². The second-order valence-electron chi connectivity index (χ2n) is 7.19. The van der Waals surface area contributed by atoms with Crippen LogP contribution in [0, 0.1) is 12.8 Å². The van der Waals surface area contributed by atoms with Gasteiger partial charge in [0.1, 0.15) is 0 Å². The zero-order valence-electron chi connectivity index (χ0n) is 13.7. The molecule has 0 N–H and O–H groups in total. The number of fused-ring (bicyclic) bond motifs is 1. The van der Waals surface area contributed by atoms with E-state index in [-0.39, 0.29) is 10.9 Å². The van der Waals surface area contributed by atoms with Crippen molar-refractivity contribution in [3.63, 3.8) is 0 Å². The Hall–Kier alpha value is -1.70. The molecule has 0 bridgehead atoms. The maximum atomic E-state index is 11.8. The van der Waals surface area contributed by atoms with Crippen molar-refractivity contribution in [2.75, 3.05) is 0 Å². The van der Waals surface area contributed by atoms with Crippen LogP contribution in [0.25, 0.3) is 0 Å². The van der Waals surface area contributed by atoms with Crippen molar-refractivity contribution in [3.8, 4) is 0 Å². The summed E-state index contributed by atoms with van der Waals surface area (Å²) in [5.74, 6) is 1.05. The maximum Gasteiger partial charge on any atom is 0.229 e. The van der Waals surface area contributed by atoms with Crippen LogP contribution < -0.4 is 10.9 Å². The molecular weight excluding hydrogens is 272 g/mol. The Morgan fingerprint density at radius 3 is 2.64 bits per heavy atom. The summed E-state index contributed by atoms with van der Waals surface area (Å²) in [4.78, 5) is 23.2. The van der Waals surface area contributed by atoms with E-state index in [2.05, 4.69) is 32.0 Å². The molecule has 2 nitrogen and oxygen atoms in total. The van der Waals surface area contributed by atoms with E-state index in [0.717, 1.165) is 31.2 Å². The van der Waals surface area contributed by atoms with Gasteiger partial charge >= 0.3 is 0 Å². The lowest BCUT2D eigenvalue weighted by atomic mass is 9.77. The normalized spacial score (nSPS) is 17.9. The molecule has 2 heteroatoms. The minimum atomic E-state index is -0.278. The summed E-state index contributed by atoms with van der Waals surface area (Å²) in [6, 6.07) is 6.87. The van der Waals surface area contributed by atoms with Crippen LogP contribution in [0.2, 0.25) is 0 Å². The van der Waals surface area contributed by atoms with Crippen molar-refractivity contribution < 1.29 is 0 Å². The monoisotopic (exact) mass is 296 g/mol. The van der Waals surface area contributed by atoms with E-state index in [1.807, 2.05) is 0 Å². The van der Waals surface area contributed by atoms with Gasteiger partial charge in [0, 0.05) is 11.1 Å². The molecule has 116 valence electrons. The van der Waals surface area contributed by atoms with E-state index in [4.69, 9.17) is 0 Å². The van der Waals surface area contributed by atoms with Crippen molar-refractivity contribution in [3.05, 3.63) is 66.5 Å². The molecule has 1 aliphatic rings. The number of hydrogen-bond acceptors (Lipinski definition) is 2. The lowest BCUT2D eigenvalue weighted by molar-refractivity contribution is 0.544. The van der Waals surface area contributed by atoms with Crippen LogP contribution in [0.4, 0.5) is 0 Å². The Morgan fingerprint density at radius 1 is 1.18 bits per heavy atom. The van der Waals surface area contributed by atoms with E-state index in [9.17, 15) is 9.59 Å². The van der Waals surface area contributed by atoms with E-state index < -0.39 is 0 Å². The first kappa shape index (κ1) is 15.2. The first-order chi connectivity index (χ1) is 10.5. The highest BCUT2D eigenvalue weighted by Crippen LogP contribution is 2.35. The molecule has 0 saturated carbocycles. The molecule has 1 aliphatic carbocycles. The number of aryl methyl sites for hydroxylation is 1. The summed E-state index contributed by atoms with van der Waals surface area (Å²) in [6.07, 6.45) is 5.28. The second-order valence-corrected chi connectivity index (χ2v) is 7.19. The van der Waals surface area contributed by atoms with E-state index in [1.54, 1.807) is 6.92 Å². The highest BCUT2D eigenvalue weighted by atomic mass is 16.2. The van der Waals surface area contributed by atoms with Gasteiger partial charge in [0.25, 0.3) is 0 Å². The van der Waals surface area contributed by atoms with Crippen LogP contribution in [0.15, 0.2) is 27.8 Å². The average molecular weight is 296 g/mol. The smallest absolute Gasteiger partial charge is 0.229 e. The van der Waals surface area contributed by atoms with E-state index in [0.29, 0.717) is 17.4 Å². The summed E-state index contributed by atoms with van der Waals surface area (Å²) >= 11 is 0. The van der Waals surface area contributed by atoms with Crippen molar-refractivity contribution in [1.82, 2.24) is 0 Å². The molecule has 0 spiro atoms. The zero-order chi connectivity index (χ0) is 15.9. The van der Waals surface area contributed by atoms with Crippen LogP contribution in [-0.2, 0) is 19.3 Å². The highest BCUT2D eigenvalue weighted by Gasteiger charge is 2.25. The van der Waals surface area contributed by atoms with Gasteiger partial charge < -0.3 is 0 Å². The Labute approximate surface area is 131 Å². The fraction of sp³-hybridized carbons (Fsp3) is 0.500.